The van der Waals surface area contributed by atoms with Crippen LogP contribution in [0.3, 0.4) is 0 Å². The van der Waals surface area contributed by atoms with Crippen LogP contribution in [-0.4, -0.2) is 115 Å². The standard InChI is InChI=1S/C24H26Cl2N4O4S.C18H21Cl2IN4O2/c1-16-14-28(18-9-10-20(25)21(13-18)34-3)11-12-29(16)22(31)15-30-17(2)23(26)24(27-30)35(32,33)19-7-5-4-6-8-19;1-11-9-23(13-4-5-14(19)15(8-13)27-3)6-7-24(11)16(26)10-25-12(2)17(20)18(21)22-25/h4-10,13,16H,11-12,14-15H2,1-3H3;4-5,8,11H,6-7,9-10H2,1-3H3/t16-;11-/m00/s1. The van der Waals surface area contributed by atoms with Crippen molar-refractivity contribution in [1.82, 2.24) is 29.4 Å². The monoisotopic (exact) mass is 1060 g/mol. The summed E-state index contributed by atoms with van der Waals surface area (Å²) >= 11 is 26.9. The van der Waals surface area contributed by atoms with E-state index in [4.69, 9.17) is 55.9 Å². The number of hydrogen-bond donors (Lipinski definition) is 0. The highest BCUT2D eigenvalue weighted by molar-refractivity contribution is 14.1. The van der Waals surface area contributed by atoms with Crippen LogP contribution >= 0.6 is 69.0 Å². The molecule has 2 aliphatic rings. The molecular weight excluding hydrogens is 1010 g/mol. The Hall–Kier alpha value is -3.94. The summed E-state index contributed by atoms with van der Waals surface area (Å²) in [6, 6.07) is 19.3. The highest BCUT2D eigenvalue weighted by Crippen LogP contribution is 2.33. The van der Waals surface area contributed by atoms with Gasteiger partial charge in [-0.2, -0.15) is 10.2 Å². The van der Waals surface area contributed by atoms with Gasteiger partial charge in [0.05, 0.1) is 45.6 Å². The first kappa shape index (κ1) is 47.5. The van der Waals surface area contributed by atoms with E-state index in [1.54, 1.807) is 55.0 Å². The van der Waals surface area contributed by atoms with Gasteiger partial charge in [-0.3, -0.25) is 19.0 Å². The molecule has 0 radical (unpaired) electrons. The Morgan fingerprint density at radius 3 is 1.56 bits per heavy atom. The lowest BCUT2D eigenvalue weighted by Crippen LogP contribution is -2.54. The average Bonchev–Trinajstić information content (AvgIpc) is 3.68. The van der Waals surface area contributed by atoms with Gasteiger partial charge in [-0.15, -0.1) is 0 Å². The lowest BCUT2D eigenvalue weighted by molar-refractivity contribution is -0.135. The third-order valence-corrected chi connectivity index (χ3v) is 15.4. The van der Waals surface area contributed by atoms with Crippen molar-refractivity contribution in [1.29, 1.82) is 0 Å². The van der Waals surface area contributed by atoms with Crippen LogP contribution in [0.5, 0.6) is 11.5 Å². The van der Waals surface area contributed by atoms with Gasteiger partial charge in [0, 0.05) is 74.9 Å². The van der Waals surface area contributed by atoms with Crippen molar-refractivity contribution in [2.45, 2.75) is 62.8 Å². The number of anilines is 2. The van der Waals surface area contributed by atoms with Gasteiger partial charge in [-0.1, -0.05) is 64.6 Å². The van der Waals surface area contributed by atoms with Crippen molar-refractivity contribution in [2.75, 3.05) is 63.3 Å². The van der Waals surface area contributed by atoms with Crippen molar-refractivity contribution in [3.63, 3.8) is 0 Å². The molecule has 2 aliphatic heterocycles. The molecule has 0 unspecified atom stereocenters. The number of halogens is 5. The van der Waals surface area contributed by atoms with Gasteiger partial charge in [0.15, 0.2) is 0 Å². The Morgan fingerprint density at radius 2 is 1.15 bits per heavy atom. The van der Waals surface area contributed by atoms with Crippen molar-refractivity contribution in [3.8, 4) is 11.5 Å². The molecule has 4 heterocycles. The zero-order valence-electron chi connectivity index (χ0n) is 35.0. The SMILES string of the molecule is COc1cc(N2CCN(C(=O)Cn3nc(I)c(Cl)c3C)[C@@H](C)C2)ccc1Cl.COc1cc(N2CCN(C(=O)Cn3nc(S(=O)(=O)c4ccccc4)c(Cl)c3C)[C@@H](C)C2)ccc1Cl. The van der Waals surface area contributed by atoms with Gasteiger partial charge in [0.2, 0.25) is 26.7 Å². The first-order valence-electron chi connectivity index (χ1n) is 19.6. The largest absolute Gasteiger partial charge is 0.495 e. The van der Waals surface area contributed by atoms with Crippen molar-refractivity contribution in [2.24, 2.45) is 0 Å². The van der Waals surface area contributed by atoms with Crippen LogP contribution in [0.2, 0.25) is 20.1 Å². The summed E-state index contributed by atoms with van der Waals surface area (Å²) in [7, 11) is -0.725. The van der Waals surface area contributed by atoms with Gasteiger partial charge in [-0.05, 0) is 86.7 Å². The normalized spacial score (nSPS) is 16.8. The molecule has 2 atom stereocenters. The van der Waals surface area contributed by atoms with Gasteiger partial charge in [0.25, 0.3) is 0 Å². The highest BCUT2D eigenvalue weighted by atomic mass is 127. The number of carbonyl (C=O) groups excluding carboxylic acids is 2. The molecule has 0 aliphatic carbocycles. The lowest BCUT2D eigenvalue weighted by Gasteiger charge is -2.41. The Kier molecular flexibility index (Phi) is 15.5. The summed E-state index contributed by atoms with van der Waals surface area (Å²) in [5.41, 5.74) is 3.25. The summed E-state index contributed by atoms with van der Waals surface area (Å²) < 4.78 is 40.4. The molecule has 14 nitrogen and oxygen atoms in total. The number of nitrogens with zero attached hydrogens (tertiary/aromatic N) is 8. The fourth-order valence-corrected chi connectivity index (χ4v) is 10.4. The number of methoxy groups -OCH3 is 2. The second-order valence-electron chi connectivity index (χ2n) is 14.9. The average molecular weight is 1060 g/mol. The Morgan fingerprint density at radius 1 is 0.694 bits per heavy atom. The quantitative estimate of drug-likeness (QED) is 0.127. The number of hydrogen-bond acceptors (Lipinski definition) is 10. The Balaban J connectivity index is 0.000000214. The predicted octanol–water partition coefficient (Wildman–Crippen LogP) is 7.93. The molecular formula is C42H47Cl4IN8O6S. The Bertz CT molecular complexity index is 2540. The van der Waals surface area contributed by atoms with Crippen LogP contribution in [0.25, 0.3) is 0 Å². The molecule has 0 spiro atoms. The summed E-state index contributed by atoms with van der Waals surface area (Å²) in [5.74, 6) is 1.15. The van der Waals surface area contributed by atoms with E-state index in [9.17, 15) is 18.0 Å². The zero-order chi connectivity index (χ0) is 45.0. The number of ether oxygens (including phenoxy) is 2. The number of rotatable bonds is 10. The Labute approximate surface area is 395 Å². The molecule has 0 saturated carbocycles. The van der Waals surface area contributed by atoms with E-state index in [1.165, 1.54) is 16.8 Å². The van der Waals surface area contributed by atoms with Crippen LogP contribution < -0.4 is 19.3 Å². The molecule has 2 aromatic heterocycles. The topological polar surface area (TPSA) is 135 Å². The fraction of sp³-hybridized carbons (Fsp3) is 0.381. The van der Waals surface area contributed by atoms with Gasteiger partial charge < -0.3 is 29.1 Å². The summed E-state index contributed by atoms with van der Waals surface area (Å²) in [6.07, 6.45) is 0. The van der Waals surface area contributed by atoms with Crippen LogP contribution in [-0.2, 0) is 32.5 Å². The van der Waals surface area contributed by atoms with E-state index < -0.39 is 9.84 Å². The lowest BCUT2D eigenvalue weighted by atomic mass is 10.1. The molecule has 5 aromatic rings. The number of carbonyl (C=O) groups is 2. The second kappa shape index (κ2) is 20.3. The summed E-state index contributed by atoms with van der Waals surface area (Å²) in [5, 5.41) is 10.1. The second-order valence-corrected chi connectivity index (χ2v) is 19.4. The fourth-order valence-electron chi connectivity index (χ4n) is 7.43. The minimum Gasteiger partial charge on any atom is -0.495 e. The van der Waals surface area contributed by atoms with Crippen LogP contribution in [0, 0.1) is 17.5 Å². The number of amides is 2. The van der Waals surface area contributed by atoms with Gasteiger partial charge >= 0.3 is 0 Å². The molecule has 0 bridgehead atoms. The third kappa shape index (κ3) is 10.4. The van der Waals surface area contributed by atoms with E-state index in [2.05, 4.69) is 49.5 Å². The molecule has 20 heteroatoms. The van der Waals surface area contributed by atoms with Crippen LogP contribution in [0.1, 0.15) is 25.2 Å². The zero-order valence-corrected chi connectivity index (χ0v) is 41.0. The van der Waals surface area contributed by atoms with E-state index in [1.807, 2.05) is 49.1 Å². The van der Waals surface area contributed by atoms with Gasteiger partial charge in [-0.25, -0.2) is 8.42 Å². The van der Waals surface area contributed by atoms with Crippen molar-refractivity contribution in [3.05, 3.63) is 102 Å². The number of sulfone groups is 1. The van der Waals surface area contributed by atoms with E-state index in [-0.39, 0.29) is 51.9 Å². The maximum Gasteiger partial charge on any atom is 0.244 e. The molecule has 332 valence electrons. The molecule has 0 N–H and O–H groups in total. The summed E-state index contributed by atoms with van der Waals surface area (Å²) in [4.78, 5) is 34.2. The molecule has 2 fully saturated rings. The van der Waals surface area contributed by atoms with Crippen molar-refractivity contribution >= 4 is 102 Å². The minimum absolute atomic E-state index is 0.0243. The first-order valence-corrected chi connectivity index (χ1v) is 23.7. The molecule has 7 rings (SSSR count). The van der Waals surface area contributed by atoms with Crippen LogP contribution in [0.4, 0.5) is 11.4 Å². The number of aromatic nitrogens is 4. The minimum atomic E-state index is -3.90. The van der Waals surface area contributed by atoms with E-state index in [0.29, 0.717) is 62.1 Å². The molecule has 62 heavy (non-hydrogen) atoms. The van der Waals surface area contributed by atoms with Gasteiger partial charge in [0.1, 0.15) is 33.3 Å². The smallest absolute Gasteiger partial charge is 0.244 e. The maximum absolute atomic E-state index is 13.2. The molecule has 2 saturated heterocycles. The van der Waals surface area contributed by atoms with Crippen molar-refractivity contribution < 1.29 is 27.5 Å². The van der Waals surface area contributed by atoms with E-state index in [0.717, 1.165) is 30.2 Å². The first-order chi connectivity index (χ1) is 29.4. The predicted molar refractivity (Wildman–Crippen MR) is 251 cm³/mol. The molecule has 3 aromatic carbocycles. The number of benzene rings is 3. The van der Waals surface area contributed by atoms with E-state index >= 15 is 0 Å². The maximum atomic E-state index is 13.2. The molecule has 2 amide bonds. The third-order valence-electron chi connectivity index (χ3n) is 11.0. The summed E-state index contributed by atoms with van der Waals surface area (Å²) in [6.45, 7) is 11.6. The highest BCUT2D eigenvalue weighted by Gasteiger charge is 2.32. The number of piperazine rings is 2. The van der Waals surface area contributed by atoms with Crippen LogP contribution in [0.15, 0.2) is 76.7 Å².